The number of anilines is 2. The normalized spacial score (nSPS) is 9.94. The molecule has 0 aliphatic carbocycles. The van der Waals surface area contributed by atoms with E-state index in [9.17, 15) is 9.59 Å². The van der Waals surface area contributed by atoms with E-state index in [0.717, 1.165) is 0 Å². The monoisotopic (exact) mass is 268 g/mol. The lowest BCUT2D eigenvalue weighted by Gasteiger charge is -1.97. The highest BCUT2D eigenvalue weighted by Crippen LogP contribution is 2.23. The van der Waals surface area contributed by atoms with Crippen molar-refractivity contribution in [3.8, 4) is 0 Å². The first-order chi connectivity index (χ1) is 8.15. The van der Waals surface area contributed by atoms with Crippen LogP contribution in [-0.2, 0) is 4.79 Å². The highest BCUT2D eigenvalue weighted by molar-refractivity contribution is 7.18. The van der Waals surface area contributed by atoms with E-state index in [1.165, 1.54) is 35.1 Å². The van der Waals surface area contributed by atoms with Crippen LogP contribution in [-0.4, -0.2) is 22.0 Å². The van der Waals surface area contributed by atoms with Gasteiger partial charge in [-0.15, -0.1) is 21.5 Å². The summed E-state index contributed by atoms with van der Waals surface area (Å²) in [6, 6.07) is 3.33. The lowest BCUT2D eigenvalue weighted by atomic mass is 10.4. The average Bonchev–Trinajstić information content (AvgIpc) is 2.87. The summed E-state index contributed by atoms with van der Waals surface area (Å²) in [5, 5.41) is 13.6. The molecule has 6 nitrogen and oxygen atoms in total. The molecule has 0 saturated carbocycles. The van der Waals surface area contributed by atoms with E-state index in [1.54, 1.807) is 12.1 Å². The summed E-state index contributed by atoms with van der Waals surface area (Å²) in [5.74, 6) is -0.425. The fourth-order valence-corrected chi connectivity index (χ4v) is 2.37. The minimum absolute atomic E-state index is 0.164. The van der Waals surface area contributed by atoms with Crippen molar-refractivity contribution < 1.29 is 9.59 Å². The molecule has 0 bridgehead atoms. The molecule has 0 unspecified atom stereocenters. The SMILES string of the molecule is CC(=O)Nc1ccc(C(=O)Nc2nncs2)s1. The maximum atomic E-state index is 11.7. The minimum Gasteiger partial charge on any atom is -0.318 e. The van der Waals surface area contributed by atoms with Crippen LogP contribution >= 0.6 is 22.7 Å². The maximum Gasteiger partial charge on any atom is 0.267 e. The Balaban J connectivity index is 2.04. The van der Waals surface area contributed by atoms with Crippen molar-refractivity contribution in [3.05, 3.63) is 22.5 Å². The van der Waals surface area contributed by atoms with Crippen LogP contribution in [0.5, 0.6) is 0 Å². The molecule has 0 aliphatic rings. The van der Waals surface area contributed by atoms with Gasteiger partial charge < -0.3 is 5.32 Å². The second-order valence-electron chi connectivity index (χ2n) is 3.04. The van der Waals surface area contributed by atoms with E-state index in [-0.39, 0.29) is 11.8 Å². The van der Waals surface area contributed by atoms with Crippen LogP contribution in [0, 0.1) is 0 Å². The summed E-state index contributed by atoms with van der Waals surface area (Å²) in [6.07, 6.45) is 0. The third-order valence-electron chi connectivity index (χ3n) is 1.71. The van der Waals surface area contributed by atoms with Crippen molar-refractivity contribution in [2.24, 2.45) is 0 Å². The molecule has 0 radical (unpaired) electrons. The molecule has 2 aromatic rings. The predicted molar refractivity (Wildman–Crippen MR) is 66.5 cm³/mol. The van der Waals surface area contributed by atoms with E-state index in [0.29, 0.717) is 15.0 Å². The largest absolute Gasteiger partial charge is 0.318 e. The second kappa shape index (κ2) is 5.02. The summed E-state index contributed by atoms with van der Waals surface area (Å²) >= 11 is 2.45. The van der Waals surface area contributed by atoms with Crippen LogP contribution in [0.25, 0.3) is 0 Å². The molecule has 2 heterocycles. The molecule has 0 aliphatic heterocycles. The highest BCUT2D eigenvalue weighted by Gasteiger charge is 2.11. The number of carbonyl (C=O) groups is 2. The van der Waals surface area contributed by atoms with Crippen LogP contribution in [0.4, 0.5) is 10.1 Å². The molecule has 2 N–H and O–H groups in total. The van der Waals surface area contributed by atoms with E-state index in [1.807, 2.05) is 0 Å². The number of thiophene rings is 1. The molecule has 17 heavy (non-hydrogen) atoms. The molecular weight excluding hydrogens is 260 g/mol. The lowest BCUT2D eigenvalue weighted by molar-refractivity contribution is -0.114. The van der Waals surface area contributed by atoms with Crippen molar-refractivity contribution in [2.75, 3.05) is 10.6 Å². The van der Waals surface area contributed by atoms with E-state index >= 15 is 0 Å². The van der Waals surface area contributed by atoms with E-state index < -0.39 is 0 Å². The molecule has 88 valence electrons. The Labute approximate surface area is 105 Å². The van der Waals surface area contributed by atoms with Crippen molar-refractivity contribution in [1.82, 2.24) is 10.2 Å². The molecule has 0 spiro atoms. The number of nitrogens with zero attached hydrogens (tertiary/aromatic N) is 2. The zero-order chi connectivity index (χ0) is 12.3. The average molecular weight is 268 g/mol. The number of carbonyl (C=O) groups excluding carboxylic acids is 2. The van der Waals surface area contributed by atoms with E-state index in [4.69, 9.17) is 0 Å². The Kier molecular flexibility index (Phi) is 3.45. The number of nitrogens with one attached hydrogen (secondary N) is 2. The van der Waals surface area contributed by atoms with Gasteiger partial charge in [0.25, 0.3) is 5.91 Å². The van der Waals surface area contributed by atoms with Gasteiger partial charge in [-0.3, -0.25) is 14.9 Å². The Morgan fingerprint density at radius 3 is 2.76 bits per heavy atom. The molecule has 0 atom stereocenters. The first-order valence-electron chi connectivity index (χ1n) is 4.60. The number of hydrogen-bond acceptors (Lipinski definition) is 6. The van der Waals surface area contributed by atoms with Crippen LogP contribution in [0.15, 0.2) is 17.6 Å². The number of aromatic nitrogens is 2. The third-order valence-corrected chi connectivity index (χ3v) is 3.32. The van der Waals surface area contributed by atoms with E-state index in [2.05, 4.69) is 20.8 Å². The summed E-state index contributed by atoms with van der Waals surface area (Å²) in [7, 11) is 0. The highest BCUT2D eigenvalue weighted by atomic mass is 32.1. The smallest absolute Gasteiger partial charge is 0.267 e. The van der Waals surface area contributed by atoms with Gasteiger partial charge in [0.05, 0.1) is 9.88 Å². The zero-order valence-corrected chi connectivity index (χ0v) is 10.4. The summed E-state index contributed by atoms with van der Waals surface area (Å²) < 4.78 is 0. The Hall–Kier alpha value is -1.80. The van der Waals surface area contributed by atoms with Crippen molar-refractivity contribution >= 4 is 44.6 Å². The molecular formula is C9H8N4O2S2. The van der Waals surface area contributed by atoms with Gasteiger partial charge in [-0.2, -0.15) is 0 Å². The molecule has 0 saturated heterocycles. The Morgan fingerprint density at radius 1 is 1.29 bits per heavy atom. The Bertz CT molecular complexity index is 535. The first-order valence-corrected chi connectivity index (χ1v) is 6.29. The third kappa shape index (κ3) is 3.08. The van der Waals surface area contributed by atoms with Crippen LogP contribution in [0.2, 0.25) is 0 Å². The Morgan fingerprint density at radius 2 is 2.12 bits per heavy atom. The standard InChI is InChI=1S/C9H8N4O2S2/c1-5(14)11-7-3-2-6(17-7)8(15)12-9-13-10-4-16-9/h2-4H,1H3,(H,11,14)(H,12,13,15). The van der Waals surface area contributed by atoms with Gasteiger partial charge in [-0.05, 0) is 12.1 Å². The van der Waals surface area contributed by atoms with Crippen molar-refractivity contribution in [3.63, 3.8) is 0 Å². The second-order valence-corrected chi connectivity index (χ2v) is 4.96. The zero-order valence-electron chi connectivity index (χ0n) is 8.76. The van der Waals surface area contributed by atoms with Gasteiger partial charge in [-0.25, -0.2) is 0 Å². The molecule has 2 aromatic heterocycles. The van der Waals surface area contributed by atoms with Crippen LogP contribution in [0.3, 0.4) is 0 Å². The van der Waals surface area contributed by atoms with Gasteiger partial charge in [-0.1, -0.05) is 11.3 Å². The van der Waals surface area contributed by atoms with Crippen molar-refractivity contribution in [2.45, 2.75) is 6.92 Å². The van der Waals surface area contributed by atoms with Gasteiger partial charge in [0, 0.05) is 6.92 Å². The summed E-state index contributed by atoms with van der Waals surface area (Å²) in [4.78, 5) is 23.1. The van der Waals surface area contributed by atoms with Gasteiger partial charge in [0.15, 0.2) is 0 Å². The van der Waals surface area contributed by atoms with Gasteiger partial charge in [0.1, 0.15) is 5.51 Å². The van der Waals surface area contributed by atoms with Crippen LogP contribution in [0.1, 0.15) is 16.6 Å². The fraction of sp³-hybridized carbons (Fsp3) is 0.111. The predicted octanol–water partition coefficient (Wildman–Crippen LogP) is 1.81. The molecule has 2 rings (SSSR count). The van der Waals surface area contributed by atoms with Crippen molar-refractivity contribution in [1.29, 1.82) is 0 Å². The fourth-order valence-electron chi connectivity index (χ4n) is 1.09. The van der Waals surface area contributed by atoms with Gasteiger partial charge >= 0.3 is 0 Å². The summed E-state index contributed by atoms with van der Waals surface area (Å²) in [6.45, 7) is 1.42. The number of amides is 2. The maximum absolute atomic E-state index is 11.7. The summed E-state index contributed by atoms with van der Waals surface area (Å²) in [5.41, 5.74) is 1.53. The molecule has 8 heteroatoms. The van der Waals surface area contributed by atoms with Gasteiger partial charge in [0.2, 0.25) is 11.0 Å². The van der Waals surface area contributed by atoms with Crippen LogP contribution < -0.4 is 10.6 Å². The minimum atomic E-state index is -0.261. The molecule has 2 amide bonds. The molecule has 0 aromatic carbocycles. The number of rotatable bonds is 3. The molecule has 0 fully saturated rings. The quantitative estimate of drug-likeness (QED) is 0.889. The number of hydrogen-bond donors (Lipinski definition) is 2. The lowest BCUT2D eigenvalue weighted by Crippen LogP contribution is -2.09. The first kappa shape index (κ1) is 11.7. The topological polar surface area (TPSA) is 84.0 Å².